The summed E-state index contributed by atoms with van der Waals surface area (Å²) in [6.45, 7) is 1.81. The van der Waals surface area contributed by atoms with Gasteiger partial charge in [0.2, 0.25) is 10.0 Å². The van der Waals surface area contributed by atoms with E-state index in [9.17, 15) is 26.8 Å². The monoisotopic (exact) mass is 397 g/mol. The zero-order chi connectivity index (χ0) is 19.8. The van der Waals surface area contributed by atoms with Gasteiger partial charge in [0.25, 0.3) is 11.5 Å². The molecule has 1 fully saturated rings. The first kappa shape index (κ1) is 19.2. The van der Waals surface area contributed by atoms with Crippen LogP contribution in [0.4, 0.5) is 8.78 Å². The Morgan fingerprint density at radius 1 is 1.04 bits per heavy atom. The first-order valence-corrected chi connectivity index (χ1v) is 9.58. The molecule has 144 valence electrons. The molecule has 3 rings (SSSR count). The molecule has 1 saturated heterocycles. The zero-order valence-electron chi connectivity index (χ0n) is 14.4. The molecule has 1 aliphatic heterocycles. The number of pyridine rings is 1. The molecular weight excluding hydrogens is 380 g/mol. The summed E-state index contributed by atoms with van der Waals surface area (Å²) in [4.78, 5) is 28.0. The largest absolute Gasteiger partial charge is 0.336 e. The van der Waals surface area contributed by atoms with Crippen molar-refractivity contribution in [3.05, 3.63) is 63.6 Å². The van der Waals surface area contributed by atoms with E-state index in [2.05, 4.69) is 4.98 Å². The lowest BCUT2D eigenvalue weighted by Gasteiger charge is -2.33. The van der Waals surface area contributed by atoms with Gasteiger partial charge in [-0.15, -0.1) is 0 Å². The number of carbonyl (C=O) groups is 1. The number of nitrogens with one attached hydrogen (secondary N) is 1. The lowest BCUT2D eigenvalue weighted by molar-refractivity contribution is 0.0696. The molecule has 1 aromatic heterocycles. The highest BCUT2D eigenvalue weighted by Gasteiger charge is 2.31. The van der Waals surface area contributed by atoms with Crippen LogP contribution < -0.4 is 5.56 Å². The van der Waals surface area contributed by atoms with E-state index in [1.807, 2.05) is 0 Å². The van der Waals surface area contributed by atoms with Gasteiger partial charge in [-0.05, 0) is 37.3 Å². The summed E-state index contributed by atoms with van der Waals surface area (Å²) < 4.78 is 52.6. The maximum Gasteiger partial charge on any atom is 0.260 e. The first-order chi connectivity index (χ1) is 12.7. The topological polar surface area (TPSA) is 90.6 Å². The van der Waals surface area contributed by atoms with Crippen molar-refractivity contribution in [1.29, 1.82) is 0 Å². The van der Waals surface area contributed by atoms with Crippen LogP contribution in [0, 0.1) is 18.6 Å². The summed E-state index contributed by atoms with van der Waals surface area (Å²) >= 11 is 0. The summed E-state index contributed by atoms with van der Waals surface area (Å²) in [5.41, 5.74) is 0.105. The number of rotatable bonds is 3. The lowest BCUT2D eigenvalue weighted by atomic mass is 10.2. The molecule has 7 nitrogen and oxygen atoms in total. The number of benzene rings is 1. The number of aromatic amines is 1. The highest BCUT2D eigenvalue weighted by Crippen LogP contribution is 2.20. The summed E-state index contributed by atoms with van der Waals surface area (Å²) in [5.74, 6) is -2.86. The molecule has 1 aliphatic rings. The average Bonchev–Trinajstić information content (AvgIpc) is 2.63. The molecule has 0 saturated carbocycles. The van der Waals surface area contributed by atoms with Gasteiger partial charge in [0.15, 0.2) is 11.6 Å². The lowest BCUT2D eigenvalue weighted by Crippen LogP contribution is -2.51. The fourth-order valence-corrected chi connectivity index (χ4v) is 4.26. The molecule has 0 bridgehead atoms. The van der Waals surface area contributed by atoms with Gasteiger partial charge in [-0.3, -0.25) is 9.59 Å². The third-order valence-electron chi connectivity index (χ3n) is 4.34. The normalized spacial score (nSPS) is 15.7. The molecule has 1 N–H and O–H groups in total. The van der Waals surface area contributed by atoms with Crippen LogP contribution in [-0.2, 0) is 10.0 Å². The number of piperazine rings is 1. The van der Waals surface area contributed by atoms with E-state index < -0.39 is 33.1 Å². The Morgan fingerprint density at radius 2 is 1.70 bits per heavy atom. The SMILES string of the molecule is Cc1ccc(C(=O)N2CCN(S(=O)(=O)c3ccc(F)c(F)c3)CC2)c(=O)[nH]1. The predicted molar refractivity (Wildman–Crippen MR) is 92.8 cm³/mol. The van der Waals surface area contributed by atoms with Crippen molar-refractivity contribution in [2.45, 2.75) is 11.8 Å². The van der Waals surface area contributed by atoms with Crippen molar-refractivity contribution in [3.8, 4) is 0 Å². The molecule has 2 heterocycles. The Hall–Kier alpha value is -2.59. The van der Waals surface area contributed by atoms with E-state index in [0.29, 0.717) is 11.8 Å². The van der Waals surface area contributed by atoms with Gasteiger partial charge in [0, 0.05) is 31.9 Å². The minimum atomic E-state index is -4.01. The van der Waals surface area contributed by atoms with Crippen LogP contribution >= 0.6 is 0 Å². The number of aromatic nitrogens is 1. The van der Waals surface area contributed by atoms with Crippen LogP contribution in [0.25, 0.3) is 0 Å². The quantitative estimate of drug-likeness (QED) is 0.840. The number of halogens is 2. The summed E-state index contributed by atoms with van der Waals surface area (Å²) in [5, 5.41) is 0. The molecule has 0 atom stereocenters. The predicted octanol–water partition coefficient (Wildman–Crippen LogP) is 1.11. The van der Waals surface area contributed by atoms with E-state index in [0.717, 1.165) is 16.4 Å². The smallest absolute Gasteiger partial charge is 0.260 e. The molecule has 1 amide bonds. The van der Waals surface area contributed by atoms with Gasteiger partial charge in [0.05, 0.1) is 4.90 Å². The molecule has 0 aliphatic carbocycles. The molecule has 0 spiro atoms. The van der Waals surface area contributed by atoms with E-state index in [-0.39, 0.29) is 36.6 Å². The Kier molecular flexibility index (Phi) is 5.11. The number of H-pyrrole nitrogens is 1. The number of sulfonamides is 1. The maximum absolute atomic E-state index is 13.4. The second-order valence-corrected chi connectivity index (χ2v) is 8.09. The molecular formula is C17H17F2N3O4S. The molecule has 0 unspecified atom stereocenters. The van der Waals surface area contributed by atoms with E-state index in [1.165, 1.54) is 11.0 Å². The van der Waals surface area contributed by atoms with Gasteiger partial charge in [-0.2, -0.15) is 4.31 Å². The third kappa shape index (κ3) is 3.76. The Labute approximate surface area is 154 Å². The zero-order valence-corrected chi connectivity index (χ0v) is 15.2. The number of carbonyl (C=O) groups excluding carboxylic acids is 1. The second kappa shape index (κ2) is 7.20. The number of amides is 1. The molecule has 0 radical (unpaired) electrons. The van der Waals surface area contributed by atoms with Gasteiger partial charge < -0.3 is 9.88 Å². The van der Waals surface area contributed by atoms with Crippen LogP contribution in [0.3, 0.4) is 0 Å². The van der Waals surface area contributed by atoms with Crippen LogP contribution in [0.1, 0.15) is 16.1 Å². The van der Waals surface area contributed by atoms with E-state index >= 15 is 0 Å². The highest BCUT2D eigenvalue weighted by atomic mass is 32.2. The van der Waals surface area contributed by atoms with Crippen molar-refractivity contribution in [1.82, 2.24) is 14.2 Å². The maximum atomic E-state index is 13.4. The summed E-state index contributed by atoms with van der Waals surface area (Å²) in [7, 11) is -4.01. The number of hydrogen-bond donors (Lipinski definition) is 1. The van der Waals surface area contributed by atoms with Gasteiger partial charge >= 0.3 is 0 Å². The second-order valence-electron chi connectivity index (χ2n) is 6.16. The van der Waals surface area contributed by atoms with Crippen molar-refractivity contribution in [2.75, 3.05) is 26.2 Å². The van der Waals surface area contributed by atoms with E-state index in [1.54, 1.807) is 13.0 Å². The molecule has 1 aromatic carbocycles. The molecule has 10 heteroatoms. The number of nitrogens with zero attached hydrogens (tertiary/aromatic N) is 2. The third-order valence-corrected chi connectivity index (χ3v) is 6.24. The first-order valence-electron chi connectivity index (χ1n) is 8.14. The minimum absolute atomic E-state index is 0.0162. The average molecular weight is 397 g/mol. The van der Waals surface area contributed by atoms with Gasteiger partial charge in [-0.25, -0.2) is 17.2 Å². The van der Waals surface area contributed by atoms with Crippen molar-refractivity contribution < 1.29 is 22.0 Å². The van der Waals surface area contributed by atoms with Crippen molar-refractivity contribution >= 4 is 15.9 Å². The molecule has 27 heavy (non-hydrogen) atoms. The van der Waals surface area contributed by atoms with Gasteiger partial charge in [-0.1, -0.05) is 0 Å². The highest BCUT2D eigenvalue weighted by molar-refractivity contribution is 7.89. The number of aryl methyl sites for hydroxylation is 1. The number of hydrogen-bond acceptors (Lipinski definition) is 4. The molecule has 2 aromatic rings. The Morgan fingerprint density at radius 3 is 2.30 bits per heavy atom. The van der Waals surface area contributed by atoms with E-state index in [4.69, 9.17) is 0 Å². The minimum Gasteiger partial charge on any atom is -0.336 e. The van der Waals surface area contributed by atoms with Crippen molar-refractivity contribution in [3.63, 3.8) is 0 Å². The van der Waals surface area contributed by atoms with Crippen molar-refractivity contribution in [2.24, 2.45) is 0 Å². The summed E-state index contributed by atoms with van der Waals surface area (Å²) in [6, 6.07) is 5.43. The Balaban J connectivity index is 1.73. The van der Waals surface area contributed by atoms with Crippen LogP contribution in [-0.4, -0.2) is 54.7 Å². The fraction of sp³-hybridized carbons (Fsp3) is 0.294. The van der Waals surface area contributed by atoms with Crippen LogP contribution in [0.2, 0.25) is 0 Å². The standard InChI is InChI=1S/C17H17F2N3O4S/c1-11-2-4-13(16(23)20-11)17(24)21-6-8-22(9-7-21)27(25,26)12-3-5-14(18)15(19)10-12/h2-5,10H,6-9H2,1H3,(H,20,23). The van der Waals surface area contributed by atoms with Crippen LogP contribution in [0.5, 0.6) is 0 Å². The summed E-state index contributed by atoms with van der Waals surface area (Å²) in [6.07, 6.45) is 0. The Bertz CT molecular complexity index is 1040. The van der Waals surface area contributed by atoms with Crippen LogP contribution in [0.15, 0.2) is 40.0 Å². The van der Waals surface area contributed by atoms with Gasteiger partial charge in [0.1, 0.15) is 5.56 Å². The fourth-order valence-electron chi connectivity index (χ4n) is 2.83.